The monoisotopic (exact) mass is 194 g/mol. The highest BCUT2D eigenvalue weighted by Gasteiger charge is 2.25. The summed E-state index contributed by atoms with van der Waals surface area (Å²) >= 11 is 0. The Morgan fingerprint density at radius 2 is 2.00 bits per heavy atom. The van der Waals surface area contributed by atoms with Crippen LogP contribution in [-0.4, -0.2) is 11.9 Å². The molecule has 0 radical (unpaired) electrons. The van der Waals surface area contributed by atoms with E-state index < -0.39 is 0 Å². The van der Waals surface area contributed by atoms with E-state index in [9.17, 15) is 9.18 Å². The van der Waals surface area contributed by atoms with E-state index in [2.05, 4.69) is 0 Å². The van der Waals surface area contributed by atoms with Gasteiger partial charge < -0.3 is 4.74 Å². The van der Waals surface area contributed by atoms with Gasteiger partial charge in [0, 0.05) is 6.42 Å². The fraction of sp³-hybridized carbons (Fsp3) is 0.364. The van der Waals surface area contributed by atoms with Crippen LogP contribution in [0, 0.1) is 5.82 Å². The molecule has 0 bridgehead atoms. The average molecular weight is 194 g/mol. The predicted octanol–water partition coefficient (Wildman–Crippen LogP) is 2.33. The largest absolute Gasteiger partial charge is 0.483 e. The maximum absolute atomic E-state index is 12.6. The molecule has 0 aliphatic heterocycles. The molecule has 0 amide bonds. The second-order valence-electron chi connectivity index (χ2n) is 3.42. The van der Waals surface area contributed by atoms with Crippen molar-refractivity contribution in [2.75, 3.05) is 0 Å². The molecule has 0 aromatic heterocycles. The van der Waals surface area contributed by atoms with Crippen molar-refractivity contribution < 1.29 is 13.9 Å². The van der Waals surface area contributed by atoms with Crippen LogP contribution in [0.25, 0.3) is 0 Å². The molecule has 0 N–H and O–H groups in total. The van der Waals surface area contributed by atoms with Gasteiger partial charge in [0.2, 0.25) is 0 Å². The Balaban J connectivity index is 2.03. The van der Waals surface area contributed by atoms with Gasteiger partial charge in [-0.1, -0.05) is 0 Å². The Morgan fingerprint density at radius 3 is 2.57 bits per heavy atom. The van der Waals surface area contributed by atoms with E-state index in [4.69, 9.17) is 4.74 Å². The molecule has 14 heavy (non-hydrogen) atoms. The Kier molecular flexibility index (Phi) is 2.48. The van der Waals surface area contributed by atoms with Gasteiger partial charge >= 0.3 is 0 Å². The molecule has 1 saturated carbocycles. The third-order valence-electron chi connectivity index (χ3n) is 2.34. The van der Waals surface area contributed by atoms with E-state index in [-0.39, 0.29) is 17.7 Å². The fourth-order valence-corrected chi connectivity index (χ4v) is 1.59. The Hall–Kier alpha value is -1.38. The van der Waals surface area contributed by atoms with Gasteiger partial charge in [-0.05, 0) is 37.1 Å². The number of carbonyl (C=O) groups excluding carboxylic acids is 1. The molecular weight excluding hydrogens is 183 g/mol. The van der Waals surface area contributed by atoms with Crippen molar-refractivity contribution in [3.05, 3.63) is 30.1 Å². The summed E-state index contributed by atoms with van der Waals surface area (Å²) in [4.78, 5) is 11.2. The molecule has 2 nitrogen and oxygen atoms in total. The van der Waals surface area contributed by atoms with Gasteiger partial charge in [0.1, 0.15) is 11.6 Å². The SMILES string of the molecule is O=C1CCCC1Oc1ccc(F)cc1. The number of rotatable bonds is 2. The number of hydrogen-bond donors (Lipinski definition) is 0. The fourth-order valence-electron chi connectivity index (χ4n) is 1.59. The van der Waals surface area contributed by atoms with Crippen molar-refractivity contribution in [1.82, 2.24) is 0 Å². The smallest absolute Gasteiger partial charge is 0.173 e. The quantitative estimate of drug-likeness (QED) is 0.722. The first-order valence-corrected chi connectivity index (χ1v) is 4.70. The van der Waals surface area contributed by atoms with Crippen molar-refractivity contribution in [2.45, 2.75) is 25.4 Å². The third-order valence-corrected chi connectivity index (χ3v) is 2.34. The molecule has 1 aromatic rings. The van der Waals surface area contributed by atoms with Crippen molar-refractivity contribution in [3.63, 3.8) is 0 Å². The van der Waals surface area contributed by atoms with E-state index in [1.165, 1.54) is 12.1 Å². The maximum atomic E-state index is 12.6. The van der Waals surface area contributed by atoms with Gasteiger partial charge in [-0.3, -0.25) is 4.79 Å². The zero-order valence-corrected chi connectivity index (χ0v) is 7.70. The van der Waals surface area contributed by atoms with Crippen LogP contribution < -0.4 is 4.74 Å². The minimum absolute atomic E-state index is 0.148. The van der Waals surface area contributed by atoms with Crippen molar-refractivity contribution >= 4 is 5.78 Å². The van der Waals surface area contributed by atoms with Crippen LogP contribution in [0.1, 0.15) is 19.3 Å². The van der Waals surface area contributed by atoms with E-state index in [0.29, 0.717) is 12.2 Å². The highest BCUT2D eigenvalue weighted by Crippen LogP contribution is 2.21. The summed E-state index contributed by atoms with van der Waals surface area (Å²) in [5, 5.41) is 0. The number of Topliss-reactive ketones (excluding diaryl/α,β-unsaturated/α-hetero) is 1. The number of ether oxygens (including phenoxy) is 1. The van der Waals surface area contributed by atoms with E-state index in [1.54, 1.807) is 12.1 Å². The van der Waals surface area contributed by atoms with E-state index in [1.807, 2.05) is 0 Å². The third kappa shape index (κ3) is 1.92. The Labute approximate surface area is 81.7 Å². The molecule has 2 rings (SSSR count). The normalized spacial score (nSPS) is 21.2. The lowest BCUT2D eigenvalue weighted by molar-refractivity contribution is -0.123. The molecule has 1 atom stereocenters. The zero-order valence-electron chi connectivity index (χ0n) is 7.70. The summed E-state index contributed by atoms with van der Waals surface area (Å²) in [5.41, 5.74) is 0. The van der Waals surface area contributed by atoms with Crippen LogP contribution in [0.3, 0.4) is 0 Å². The molecule has 1 fully saturated rings. The van der Waals surface area contributed by atoms with Gasteiger partial charge in [-0.15, -0.1) is 0 Å². The number of benzene rings is 1. The molecule has 3 heteroatoms. The number of carbonyl (C=O) groups is 1. The molecule has 0 spiro atoms. The van der Waals surface area contributed by atoms with Crippen LogP contribution in [0.4, 0.5) is 4.39 Å². The van der Waals surface area contributed by atoms with Gasteiger partial charge in [0.25, 0.3) is 0 Å². The van der Waals surface area contributed by atoms with Crippen LogP contribution >= 0.6 is 0 Å². The standard InChI is InChI=1S/C11H11FO2/c12-8-4-6-9(7-5-8)14-11-3-1-2-10(11)13/h4-7,11H,1-3H2. The van der Waals surface area contributed by atoms with Crippen LogP contribution in [0.5, 0.6) is 5.75 Å². The van der Waals surface area contributed by atoms with Crippen molar-refractivity contribution in [3.8, 4) is 5.75 Å². The lowest BCUT2D eigenvalue weighted by Crippen LogP contribution is -2.20. The second-order valence-corrected chi connectivity index (χ2v) is 3.42. The minimum atomic E-state index is -0.319. The highest BCUT2D eigenvalue weighted by atomic mass is 19.1. The molecule has 1 aliphatic carbocycles. The molecular formula is C11H11FO2. The highest BCUT2D eigenvalue weighted by molar-refractivity contribution is 5.85. The molecule has 1 aromatic carbocycles. The first kappa shape index (κ1) is 9.19. The summed E-state index contributed by atoms with van der Waals surface area (Å²) < 4.78 is 18.0. The van der Waals surface area contributed by atoms with Crippen LogP contribution in [-0.2, 0) is 4.79 Å². The van der Waals surface area contributed by atoms with Gasteiger partial charge in [-0.2, -0.15) is 0 Å². The number of halogens is 1. The maximum Gasteiger partial charge on any atom is 0.173 e. The zero-order chi connectivity index (χ0) is 9.97. The summed E-state index contributed by atoms with van der Waals surface area (Å²) in [6.07, 6.45) is 1.95. The second kappa shape index (κ2) is 3.78. The average Bonchev–Trinajstić information content (AvgIpc) is 2.56. The molecule has 1 aliphatic rings. The predicted molar refractivity (Wildman–Crippen MR) is 49.7 cm³/mol. The Bertz CT molecular complexity index is 332. The molecule has 0 heterocycles. The molecule has 1 unspecified atom stereocenters. The summed E-state index contributed by atoms with van der Waals surface area (Å²) in [7, 11) is 0. The van der Waals surface area contributed by atoms with Crippen molar-refractivity contribution in [1.29, 1.82) is 0 Å². The molecule has 0 saturated heterocycles. The summed E-state index contributed by atoms with van der Waals surface area (Å²) in [6, 6.07) is 5.74. The lowest BCUT2D eigenvalue weighted by atomic mass is 10.3. The topological polar surface area (TPSA) is 26.3 Å². The lowest BCUT2D eigenvalue weighted by Gasteiger charge is -2.11. The summed E-state index contributed by atoms with van der Waals surface area (Å²) in [6.45, 7) is 0. The van der Waals surface area contributed by atoms with Gasteiger partial charge in [0.15, 0.2) is 11.9 Å². The summed E-state index contributed by atoms with van der Waals surface area (Å²) in [5.74, 6) is 0.413. The van der Waals surface area contributed by atoms with Crippen LogP contribution in [0.15, 0.2) is 24.3 Å². The van der Waals surface area contributed by atoms with Crippen LogP contribution in [0.2, 0.25) is 0 Å². The first-order valence-electron chi connectivity index (χ1n) is 4.70. The van der Waals surface area contributed by atoms with E-state index >= 15 is 0 Å². The number of ketones is 1. The molecule has 74 valence electrons. The van der Waals surface area contributed by atoms with Gasteiger partial charge in [-0.25, -0.2) is 4.39 Å². The Morgan fingerprint density at radius 1 is 1.29 bits per heavy atom. The van der Waals surface area contributed by atoms with Gasteiger partial charge in [0.05, 0.1) is 0 Å². The first-order chi connectivity index (χ1) is 6.75. The van der Waals surface area contributed by atoms with Crippen molar-refractivity contribution in [2.24, 2.45) is 0 Å². The minimum Gasteiger partial charge on any atom is -0.483 e. The number of hydrogen-bond acceptors (Lipinski definition) is 2. The van der Waals surface area contributed by atoms with E-state index in [0.717, 1.165) is 12.8 Å².